The molecule has 0 aliphatic carbocycles. The molecule has 0 saturated heterocycles. The van der Waals surface area contributed by atoms with Crippen molar-refractivity contribution in [1.29, 1.82) is 0 Å². The number of hydrogen-bond donors (Lipinski definition) is 3. The highest BCUT2D eigenvalue weighted by Gasteiger charge is 2.09. The van der Waals surface area contributed by atoms with Crippen molar-refractivity contribution in [2.45, 2.75) is 19.3 Å². The molecule has 0 aliphatic heterocycles. The molecule has 28 heavy (non-hydrogen) atoms. The van der Waals surface area contributed by atoms with Crippen molar-refractivity contribution in [1.82, 2.24) is 9.88 Å². The SMILES string of the molecule is COC(O)/C=C/c1ccc(CN(CCO)CCc2c[nH]c3ccccc23)cc1. The number of fused-ring (bicyclic) bond motifs is 1. The van der Waals surface area contributed by atoms with E-state index in [1.807, 2.05) is 24.3 Å². The zero-order valence-electron chi connectivity index (χ0n) is 16.2. The van der Waals surface area contributed by atoms with E-state index >= 15 is 0 Å². The Kier molecular flexibility index (Phi) is 7.39. The molecular weight excluding hydrogens is 352 g/mol. The van der Waals surface area contributed by atoms with Crippen LogP contribution in [0.2, 0.25) is 0 Å². The maximum atomic E-state index is 9.44. The molecule has 3 N–H and O–H groups in total. The van der Waals surface area contributed by atoms with Crippen LogP contribution in [0, 0.1) is 0 Å². The lowest BCUT2D eigenvalue weighted by molar-refractivity contribution is -0.0350. The van der Waals surface area contributed by atoms with Gasteiger partial charge in [0, 0.05) is 43.8 Å². The third-order valence-corrected chi connectivity index (χ3v) is 4.87. The Morgan fingerprint density at radius 2 is 1.89 bits per heavy atom. The number of para-hydroxylation sites is 1. The van der Waals surface area contributed by atoms with Crippen LogP contribution in [-0.4, -0.2) is 53.2 Å². The highest BCUT2D eigenvalue weighted by atomic mass is 16.6. The summed E-state index contributed by atoms with van der Waals surface area (Å²) in [6.45, 7) is 2.45. The lowest BCUT2D eigenvalue weighted by Crippen LogP contribution is -2.28. The molecule has 0 fully saturated rings. The van der Waals surface area contributed by atoms with E-state index in [0.717, 1.165) is 30.6 Å². The van der Waals surface area contributed by atoms with Gasteiger partial charge < -0.3 is 19.9 Å². The fourth-order valence-electron chi connectivity index (χ4n) is 3.29. The summed E-state index contributed by atoms with van der Waals surface area (Å²) in [5.74, 6) is 0. The maximum absolute atomic E-state index is 9.44. The van der Waals surface area contributed by atoms with Gasteiger partial charge in [-0.05, 0) is 35.3 Å². The molecule has 2 aromatic carbocycles. The van der Waals surface area contributed by atoms with Crippen LogP contribution in [0.3, 0.4) is 0 Å². The summed E-state index contributed by atoms with van der Waals surface area (Å²) >= 11 is 0. The van der Waals surface area contributed by atoms with E-state index in [1.165, 1.54) is 23.6 Å². The van der Waals surface area contributed by atoms with Crippen molar-refractivity contribution in [3.63, 3.8) is 0 Å². The third kappa shape index (κ3) is 5.53. The van der Waals surface area contributed by atoms with Crippen LogP contribution >= 0.6 is 0 Å². The zero-order chi connectivity index (χ0) is 19.8. The number of hydrogen-bond acceptors (Lipinski definition) is 4. The van der Waals surface area contributed by atoms with Crippen molar-refractivity contribution < 1.29 is 14.9 Å². The van der Waals surface area contributed by atoms with Crippen molar-refractivity contribution in [2.75, 3.05) is 26.8 Å². The first-order valence-corrected chi connectivity index (χ1v) is 9.56. The molecule has 3 aromatic rings. The minimum atomic E-state index is -0.885. The molecule has 0 spiro atoms. The maximum Gasteiger partial charge on any atom is 0.174 e. The number of methoxy groups -OCH3 is 1. The molecule has 3 rings (SSSR count). The Morgan fingerprint density at radius 3 is 2.64 bits per heavy atom. The summed E-state index contributed by atoms with van der Waals surface area (Å²) in [7, 11) is 1.46. The summed E-state index contributed by atoms with van der Waals surface area (Å²) < 4.78 is 4.80. The Balaban J connectivity index is 1.60. The predicted octanol–water partition coefficient (Wildman–Crippen LogP) is 3.18. The number of benzene rings is 2. The molecule has 0 saturated carbocycles. The van der Waals surface area contributed by atoms with E-state index < -0.39 is 6.29 Å². The molecule has 5 nitrogen and oxygen atoms in total. The molecular formula is C23H28N2O3. The van der Waals surface area contributed by atoms with Gasteiger partial charge in [0.05, 0.1) is 6.61 Å². The van der Waals surface area contributed by atoms with Crippen LogP contribution in [0.15, 0.2) is 60.8 Å². The lowest BCUT2D eigenvalue weighted by atomic mass is 10.1. The van der Waals surface area contributed by atoms with Gasteiger partial charge in [-0.25, -0.2) is 0 Å². The fourth-order valence-corrected chi connectivity index (χ4v) is 3.29. The van der Waals surface area contributed by atoms with Gasteiger partial charge >= 0.3 is 0 Å². The number of rotatable bonds is 10. The van der Waals surface area contributed by atoms with Crippen LogP contribution in [-0.2, 0) is 17.7 Å². The smallest absolute Gasteiger partial charge is 0.174 e. The average Bonchev–Trinajstić information content (AvgIpc) is 3.14. The Labute approximate surface area is 165 Å². The highest BCUT2D eigenvalue weighted by Crippen LogP contribution is 2.19. The molecule has 1 heterocycles. The van der Waals surface area contributed by atoms with Gasteiger partial charge in [0.15, 0.2) is 6.29 Å². The number of H-pyrrole nitrogens is 1. The highest BCUT2D eigenvalue weighted by molar-refractivity contribution is 5.83. The second kappa shape index (κ2) is 10.2. The van der Waals surface area contributed by atoms with E-state index in [2.05, 4.69) is 46.4 Å². The zero-order valence-corrected chi connectivity index (χ0v) is 16.2. The quantitative estimate of drug-likeness (QED) is 0.473. The van der Waals surface area contributed by atoms with Crippen molar-refractivity contribution >= 4 is 17.0 Å². The second-order valence-electron chi connectivity index (χ2n) is 6.84. The van der Waals surface area contributed by atoms with Crippen molar-refractivity contribution in [3.05, 3.63) is 77.5 Å². The summed E-state index contributed by atoms with van der Waals surface area (Å²) in [5.41, 5.74) is 4.66. The van der Waals surface area contributed by atoms with Gasteiger partial charge in [0.25, 0.3) is 0 Å². The van der Waals surface area contributed by atoms with E-state index in [0.29, 0.717) is 6.54 Å². The summed E-state index contributed by atoms with van der Waals surface area (Å²) in [6.07, 6.45) is 5.57. The van der Waals surface area contributed by atoms with Crippen LogP contribution in [0.5, 0.6) is 0 Å². The Bertz CT molecular complexity index is 886. The number of aromatic amines is 1. The van der Waals surface area contributed by atoms with Gasteiger partial charge in [-0.3, -0.25) is 4.90 Å². The van der Waals surface area contributed by atoms with Crippen molar-refractivity contribution in [3.8, 4) is 0 Å². The van der Waals surface area contributed by atoms with E-state index in [1.54, 1.807) is 6.08 Å². The first kappa shape index (κ1) is 20.3. The molecule has 1 aromatic heterocycles. The van der Waals surface area contributed by atoms with Crippen molar-refractivity contribution in [2.24, 2.45) is 0 Å². The number of nitrogens with zero attached hydrogens (tertiary/aromatic N) is 1. The number of aliphatic hydroxyl groups is 2. The van der Waals surface area contributed by atoms with Crippen LogP contribution < -0.4 is 0 Å². The average molecular weight is 380 g/mol. The lowest BCUT2D eigenvalue weighted by Gasteiger charge is -2.21. The first-order chi connectivity index (χ1) is 13.7. The Morgan fingerprint density at radius 1 is 1.11 bits per heavy atom. The number of aromatic nitrogens is 1. The summed E-state index contributed by atoms with van der Waals surface area (Å²) in [4.78, 5) is 5.59. The molecule has 0 bridgehead atoms. The summed E-state index contributed by atoms with van der Waals surface area (Å²) in [5, 5.41) is 20.1. The van der Waals surface area contributed by atoms with Gasteiger partial charge in [-0.2, -0.15) is 0 Å². The normalized spacial score (nSPS) is 13.0. The predicted molar refractivity (Wildman–Crippen MR) is 113 cm³/mol. The minimum absolute atomic E-state index is 0.142. The monoisotopic (exact) mass is 380 g/mol. The molecule has 0 amide bonds. The number of ether oxygens (including phenoxy) is 1. The second-order valence-corrected chi connectivity index (χ2v) is 6.84. The molecule has 0 radical (unpaired) electrons. The standard InChI is InChI=1S/C23H28N2O3/c1-28-23(27)11-10-18-6-8-19(9-7-18)17-25(14-15-26)13-12-20-16-24-22-5-3-2-4-21(20)22/h2-11,16,23-24,26-27H,12-15,17H2,1H3/b11-10+. The molecule has 0 aliphatic rings. The number of nitrogens with one attached hydrogen (secondary N) is 1. The number of aliphatic hydroxyl groups excluding tert-OH is 2. The van der Waals surface area contributed by atoms with Crippen LogP contribution in [0.1, 0.15) is 16.7 Å². The van der Waals surface area contributed by atoms with Gasteiger partial charge in [0.1, 0.15) is 0 Å². The molecule has 5 heteroatoms. The first-order valence-electron chi connectivity index (χ1n) is 9.56. The van der Waals surface area contributed by atoms with E-state index in [9.17, 15) is 10.2 Å². The molecule has 1 unspecified atom stereocenters. The third-order valence-electron chi connectivity index (χ3n) is 4.87. The van der Waals surface area contributed by atoms with E-state index in [-0.39, 0.29) is 6.61 Å². The fraction of sp³-hybridized carbons (Fsp3) is 0.304. The molecule has 1 atom stereocenters. The summed E-state index contributed by atoms with van der Waals surface area (Å²) in [6, 6.07) is 16.5. The van der Waals surface area contributed by atoms with Crippen LogP contribution in [0.4, 0.5) is 0 Å². The largest absolute Gasteiger partial charge is 0.395 e. The minimum Gasteiger partial charge on any atom is -0.395 e. The van der Waals surface area contributed by atoms with Gasteiger partial charge in [0.2, 0.25) is 0 Å². The van der Waals surface area contributed by atoms with Crippen LogP contribution in [0.25, 0.3) is 17.0 Å². The molecule has 148 valence electrons. The van der Waals surface area contributed by atoms with Gasteiger partial charge in [-0.1, -0.05) is 48.5 Å². The van der Waals surface area contributed by atoms with Gasteiger partial charge in [-0.15, -0.1) is 0 Å². The Hall–Kier alpha value is -2.44. The topological polar surface area (TPSA) is 68.7 Å². The van der Waals surface area contributed by atoms with E-state index in [4.69, 9.17) is 4.74 Å².